The molecule has 3 aromatic rings. The molecule has 0 radical (unpaired) electrons. The van der Waals surface area contributed by atoms with Crippen LogP contribution in [0.15, 0.2) is 75.1 Å². The number of sulfonamides is 1. The van der Waals surface area contributed by atoms with E-state index in [4.69, 9.17) is 9.47 Å². The number of hydrogen-bond donors (Lipinski definition) is 1. The van der Waals surface area contributed by atoms with Crippen molar-refractivity contribution >= 4 is 31.2 Å². The number of nitrogens with one attached hydrogen (secondary N) is 1. The zero-order valence-electron chi connectivity index (χ0n) is 16.3. The Balaban J connectivity index is 1.93. The van der Waals surface area contributed by atoms with Gasteiger partial charge in [0.1, 0.15) is 9.46 Å². The third kappa shape index (κ3) is 4.67. The summed E-state index contributed by atoms with van der Waals surface area (Å²) in [7, 11) is -4.94. The first-order valence-electron chi connectivity index (χ1n) is 8.83. The highest BCUT2D eigenvalue weighted by Crippen LogP contribution is 2.32. The molecule has 30 heavy (non-hydrogen) atoms. The van der Waals surface area contributed by atoms with E-state index in [1.165, 1.54) is 38.5 Å². The van der Waals surface area contributed by atoms with Crippen molar-refractivity contribution in [1.29, 1.82) is 0 Å². The molecule has 0 saturated heterocycles. The van der Waals surface area contributed by atoms with Crippen molar-refractivity contribution in [3.63, 3.8) is 0 Å². The van der Waals surface area contributed by atoms with Gasteiger partial charge >= 0.3 is 0 Å². The summed E-state index contributed by atoms with van der Waals surface area (Å²) in [6.07, 6.45) is 0. The molecule has 0 aliphatic carbocycles. The summed E-state index contributed by atoms with van der Waals surface area (Å²) in [6, 6.07) is 15.9. The van der Waals surface area contributed by atoms with Gasteiger partial charge in [0.2, 0.25) is 10.0 Å². The second-order valence-corrected chi connectivity index (χ2v) is 11.3. The summed E-state index contributed by atoms with van der Waals surface area (Å²) >= 11 is 1.10. The smallest absolute Gasteiger partial charge is 0.240 e. The second kappa shape index (κ2) is 9.17. The fraction of sp³-hybridized carbons (Fsp3) is 0.200. The molecule has 0 aliphatic rings. The molecule has 10 heteroatoms. The lowest BCUT2D eigenvalue weighted by atomic mass is 10.1. The van der Waals surface area contributed by atoms with Crippen molar-refractivity contribution in [3.8, 4) is 11.5 Å². The lowest BCUT2D eigenvalue weighted by molar-refractivity contribution is 0.354. The van der Waals surface area contributed by atoms with E-state index < -0.39 is 25.1 Å². The third-order valence-corrected chi connectivity index (χ3v) is 9.40. The molecule has 2 aromatic carbocycles. The van der Waals surface area contributed by atoms with Gasteiger partial charge in [0.05, 0.1) is 19.1 Å². The van der Waals surface area contributed by atoms with Gasteiger partial charge in [0.15, 0.2) is 21.3 Å². The molecule has 0 amide bonds. The Bertz CT molecular complexity index is 1190. The van der Waals surface area contributed by atoms with E-state index in [9.17, 15) is 16.8 Å². The fourth-order valence-electron chi connectivity index (χ4n) is 2.89. The fourth-order valence-corrected chi connectivity index (χ4v) is 6.93. The lowest BCUT2D eigenvalue weighted by Crippen LogP contribution is -2.31. The molecule has 1 atom stereocenters. The van der Waals surface area contributed by atoms with Crippen molar-refractivity contribution in [1.82, 2.24) is 4.72 Å². The van der Waals surface area contributed by atoms with E-state index in [0.717, 1.165) is 11.3 Å². The van der Waals surface area contributed by atoms with Crippen LogP contribution in [0.5, 0.6) is 11.5 Å². The molecule has 0 spiro atoms. The number of thiophene rings is 1. The van der Waals surface area contributed by atoms with Crippen LogP contribution >= 0.6 is 11.3 Å². The molecule has 7 nitrogen and oxygen atoms in total. The van der Waals surface area contributed by atoms with Crippen molar-refractivity contribution in [3.05, 3.63) is 71.6 Å². The van der Waals surface area contributed by atoms with Gasteiger partial charge in [0.25, 0.3) is 0 Å². The number of methoxy groups -OCH3 is 2. The summed E-state index contributed by atoms with van der Waals surface area (Å²) in [4.78, 5) is -0.0551. The van der Waals surface area contributed by atoms with Gasteiger partial charge in [-0.2, -0.15) is 0 Å². The Kier molecular flexibility index (Phi) is 6.81. The van der Waals surface area contributed by atoms with Gasteiger partial charge < -0.3 is 9.47 Å². The van der Waals surface area contributed by atoms with E-state index >= 15 is 0 Å². The van der Waals surface area contributed by atoms with E-state index in [1.807, 2.05) is 0 Å². The normalized spacial score (nSPS) is 13.0. The number of benzene rings is 2. The minimum atomic E-state index is -4.00. The first kappa shape index (κ1) is 22.3. The maximum Gasteiger partial charge on any atom is 0.240 e. The quantitative estimate of drug-likeness (QED) is 0.519. The molecule has 0 saturated carbocycles. The minimum Gasteiger partial charge on any atom is -0.493 e. The Morgan fingerprint density at radius 1 is 0.900 bits per heavy atom. The van der Waals surface area contributed by atoms with Crippen LogP contribution in [0.4, 0.5) is 0 Å². The SMILES string of the molecule is COc1ccc(S(=O)(=O)NC[C@@H](c2ccccc2)S(=O)(=O)c2cccs2)cc1OC. The predicted octanol–water partition coefficient (Wildman–Crippen LogP) is 3.26. The van der Waals surface area contributed by atoms with Crippen LogP contribution in [-0.4, -0.2) is 37.6 Å². The lowest BCUT2D eigenvalue weighted by Gasteiger charge is -2.18. The van der Waals surface area contributed by atoms with Crippen molar-refractivity contribution in [2.24, 2.45) is 0 Å². The van der Waals surface area contributed by atoms with Gasteiger partial charge in [-0.3, -0.25) is 0 Å². The molecule has 0 aliphatic heterocycles. The molecule has 0 bridgehead atoms. The number of rotatable bonds is 9. The Morgan fingerprint density at radius 3 is 2.20 bits per heavy atom. The third-order valence-electron chi connectivity index (χ3n) is 4.45. The van der Waals surface area contributed by atoms with E-state index in [1.54, 1.807) is 41.8 Å². The molecule has 1 heterocycles. The number of ether oxygens (including phenoxy) is 2. The van der Waals surface area contributed by atoms with Crippen molar-refractivity contribution < 1.29 is 26.3 Å². The van der Waals surface area contributed by atoms with Crippen LogP contribution in [0.25, 0.3) is 0 Å². The molecule has 3 rings (SSSR count). The van der Waals surface area contributed by atoms with Crippen LogP contribution in [0.1, 0.15) is 10.8 Å². The topological polar surface area (TPSA) is 98.8 Å². The van der Waals surface area contributed by atoms with Gasteiger partial charge in [-0.1, -0.05) is 36.4 Å². The van der Waals surface area contributed by atoms with E-state index in [0.29, 0.717) is 11.3 Å². The Morgan fingerprint density at radius 2 is 1.60 bits per heavy atom. The van der Waals surface area contributed by atoms with E-state index in [2.05, 4.69) is 4.72 Å². The highest BCUT2D eigenvalue weighted by Gasteiger charge is 2.31. The average molecular weight is 468 g/mol. The molecular weight excluding hydrogens is 446 g/mol. The predicted molar refractivity (Wildman–Crippen MR) is 115 cm³/mol. The maximum absolute atomic E-state index is 13.2. The van der Waals surface area contributed by atoms with Crippen LogP contribution in [0.3, 0.4) is 0 Å². The summed E-state index contributed by atoms with van der Waals surface area (Å²) < 4.78 is 64.9. The molecule has 160 valence electrons. The highest BCUT2D eigenvalue weighted by atomic mass is 32.2. The largest absolute Gasteiger partial charge is 0.493 e. The average Bonchev–Trinajstić information content (AvgIpc) is 3.30. The van der Waals surface area contributed by atoms with Crippen LogP contribution in [0, 0.1) is 0 Å². The molecule has 1 aromatic heterocycles. The summed E-state index contributed by atoms with van der Waals surface area (Å²) in [5, 5.41) is 0.593. The Hall–Kier alpha value is -2.40. The number of hydrogen-bond acceptors (Lipinski definition) is 7. The first-order valence-corrected chi connectivity index (χ1v) is 12.7. The highest BCUT2D eigenvalue weighted by molar-refractivity contribution is 7.93. The summed E-state index contributed by atoms with van der Waals surface area (Å²) in [6.45, 7) is -0.319. The summed E-state index contributed by atoms with van der Waals surface area (Å²) in [5.74, 6) is 0.644. The zero-order valence-corrected chi connectivity index (χ0v) is 18.8. The van der Waals surface area contributed by atoms with Gasteiger partial charge in [-0.05, 0) is 29.1 Å². The molecule has 0 unspecified atom stereocenters. The first-order chi connectivity index (χ1) is 14.3. The monoisotopic (exact) mass is 467 g/mol. The van der Waals surface area contributed by atoms with Crippen LogP contribution in [0.2, 0.25) is 0 Å². The van der Waals surface area contributed by atoms with Crippen molar-refractivity contribution in [2.45, 2.75) is 14.4 Å². The van der Waals surface area contributed by atoms with Gasteiger partial charge in [-0.15, -0.1) is 11.3 Å². The van der Waals surface area contributed by atoms with Gasteiger partial charge in [0, 0.05) is 12.6 Å². The molecular formula is C20H21NO6S3. The molecule has 0 fully saturated rings. The summed E-state index contributed by atoms with van der Waals surface area (Å²) in [5.41, 5.74) is 0.501. The Labute approximate surface area is 180 Å². The minimum absolute atomic E-state index is 0.0551. The van der Waals surface area contributed by atoms with Gasteiger partial charge in [-0.25, -0.2) is 21.6 Å². The van der Waals surface area contributed by atoms with Crippen LogP contribution in [-0.2, 0) is 19.9 Å². The molecule has 1 N–H and O–H groups in total. The van der Waals surface area contributed by atoms with E-state index in [-0.39, 0.29) is 21.4 Å². The second-order valence-electron chi connectivity index (χ2n) is 6.25. The standard InChI is InChI=1S/C20H21NO6S3/c1-26-17-11-10-16(13-18(17)27-2)30(24,25)21-14-19(15-7-4-3-5-8-15)29(22,23)20-9-6-12-28-20/h3-13,19,21H,14H2,1-2H3/t19-/m0/s1. The maximum atomic E-state index is 13.2. The van der Waals surface area contributed by atoms with Crippen molar-refractivity contribution in [2.75, 3.05) is 20.8 Å². The van der Waals surface area contributed by atoms with Crippen LogP contribution < -0.4 is 14.2 Å². The number of sulfone groups is 1. The zero-order chi connectivity index (χ0) is 21.8.